The van der Waals surface area contributed by atoms with Gasteiger partial charge in [0.05, 0.1) is 7.11 Å². The molecule has 0 atom stereocenters. The Bertz CT molecular complexity index is 834. The largest absolute Gasteiger partial charge is 0.496 e. The van der Waals surface area contributed by atoms with E-state index in [0.717, 1.165) is 41.6 Å². The van der Waals surface area contributed by atoms with Gasteiger partial charge >= 0.3 is 6.03 Å². The van der Waals surface area contributed by atoms with Crippen LogP contribution in [0, 0.1) is 0 Å². The molecule has 1 fully saturated rings. The molecule has 7 nitrogen and oxygen atoms in total. The monoisotopic (exact) mass is 383 g/mol. The first-order chi connectivity index (χ1) is 13.7. The van der Waals surface area contributed by atoms with E-state index in [4.69, 9.17) is 14.2 Å². The molecule has 0 aromatic heterocycles. The Morgan fingerprint density at radius 2 is 1.79 bits per heavy atom. The maximum Gasteiger partial charge on any atom is 0.317 e. The van der Waals surface area contributed by atoms with Gasteiger partial charge in [-0.25, -0.2) is 4.79 Å². The fourth-order valence-corrected chi connectivity index (χ4v) is 3.53. The highest BCUT2D eigenvalue weighted by Gasteiger charge is 2.22. The predicted molar refractivity (Wildman–Crippen MR) is 106 cm³/mol. The number of benzene rings is 2. The van der Waals surface area contributed by atoms with Crippen LogP contribution in [0.25, 0.3) is 0 Å². The Kier molecular flexibility index (Phi) is 5.41. The van der Waals surface area contributed by atoms with Crippen LogP contribution in [0.2, 0.25) is 0 Å². The fraction of sp³-hybridized carbons (Fsp3) is 0.381. The summed E-state index contributed by atoms with van der Waals surface area (Å²) in [6.07, 6.45) is 0. The number of methoxy groups -OCH3 is 1. The number of nitrogens with zero attached hydrogens (tertiary/aromatic N) is 2. The van der Waals surface area contributed by atoms with Crippen molar-refractivity contribution in [3.63, 3.8) is 0 Å². The Labute approximate surface area is 164 Å². The second-order valence-corrected chi connectivity index (χ2v) is 6.77. The molecule has 148 valence electrons. The zero-order valence-corrected chi connectivity index (χ0v) is 16.0. The van der Waals surface area contributed by atoms with E-state index >= 15 is 0 Å². The second kappa shape index (κ2) is 8.29. The van der Waals surface area contributed by atoms with Crippen LogP contribution in [0.1, 0.15) is 5.56 Å². The number of para-hydroxylation sites is 1. The summed E-state index contributed by atoms with van der Waals surface area (Å²) in [4.78, 5) is 16.6. The molecule has 2 aromatic rings. The van der Waals surface area contributed by atoms with Crippen molar-refractivity contribution in [1.29, 1.82) is 0 Å². The molecule has 1 N–H and O–H groups in total. The minimum absolute atomic E-state index is 0.0484. The molecule has 28 heavy (non-hydrogen) atoms. The molecule has 2 aliphatic rings. The van der Waals surface area contributed by atoms with Gasteiger partial charge in [0.1, 0.15) is 19.0 Å². The van der Waals surface area contributed by atoms with Crippen molar-refractivity contribution in [2.24, 2.45) is 0 Å². The number of carbonyl (C=O) groups is 1. The number of hydrogen-bond donors (Lipinski definition) is 1. The summed E-state index contributed by atoms with van der Waals surface area (Å²) >= 11 is 0. The van der Waals surface area contributed by atoms with Crippen LogP contribution in [0.5, 0.6) is 17.2 Å². The van der Waals surface area contributed by atoms with Crippen molar-refractivity contribution in [3.05, 3.63) is 48.0 Å². The van der Waals surface area contributed by atoms with Crippen LogP contribution in [0.15, 0.2) is 42.5 Å². The minimum atomic E-state index is -0.0484. The van der Waals surface area contributed by atoms with Crippen LogP contribution < -0.4 is 24.4 Å². The number of ether oxygens (including phenoxy) is 3. The normalized spacial score (nSPS) is 15.9. The number of piperazine rings is 1. The van der Waals surface area contributed by atoms with Gasteiger partial charge in [0, 0.05) is 50.0 Å². The topological polar surface area (TPSA) is 63.3 Å². The van der Waals surface area contributed by atoms with Crippen molar-refractivity contribution >= 4 is 11.7 Å². The van der Waals surface area contributed by atoms with Crippen LogP contribution in [0.3, 0.4) is 0 Å². The molecule has 2 heterocycles. The number of amides is 2. The lowest BCUT2D eigenvalue weighted by Gasteiger charge is -2.36. The summed E-state index contributed by atoms with van der Waals surface area (Å²) in [6.45, 7) is 4.53. The molecule has 2 aromatic carbocycles. The molecule has 7 heteroatoms. The Morgan fingerprint density at radius 3 is 2.57 bits per heavy atom. The Morgan fingerprint density at radius 1 is 1.04 bits per heavy atom. The zero-order valence-electron chi connectivity index (χ0n) is 16.0. The van der Waals surface area contributed by atoms with Gasteiger partial charge in [-0.15, -0.1) is 0 Å². The summed E-state index contributed by atoms with van der Waals surface area (Å²) < 4.78 is 16.6. The molecule has 0 radical (unpaired) electrons. The van der Waals surface area contributed by atoms with Gasteiger partial charge in [-0.05, 0) is 18.2 Å². The third kappa shape index (κ3) is 3.93. The van der Waals surface area contributed by atoms with Crippen molar-refractivity contribution in [2.75, 3.05) is 51.4 Å². The Hall–Kier alpha value is -3.09. The quantitative estimate of drug-likeness (QED) is 0.879. The maximum atomic E-state index is 12.5. The molecule has 0 aliphatic carbocycles. The van der Waals surface area contributed by atoms with Gasteiger partial charge in [0.15, 0.2) is 11.5 Å². The van der Waals surface area contributed by atoms with E-state index in [1.54, 1.807) is 7.11 Å². The highest BCUT2D eigenvalue weighted by molar-refractivity contribution is 5.74. The van der Waals surface area contributed by atoms with Crippen LogP contribution >= 0.6 is 0 Å². The highest BCUT2D eigenvalue weighted by atomic mass is 16.6. The molecule has 1 saturated heterocycles. The van der Waals surface area contributed by atoms with Crippen molar-refractivity contribution in [2.45, 2.75) is 6.54 Å². The first kappa shape index (κ1) is 18.3. The van der Waals surface area contributed by atoms with Gasteiger partial charge in [-0.2, -0.15) is 0 Å². The smallest absolute Gasteiger partial charge is 0.317 e. The zero-order chi connectivity index (χ0) is 19.3. The molecule has 2 amide bonds. The van der Waals surface area contributed by atoms with Crippen molar-refractivity contribution in [1.82, 2.24) is 10.2 Å². The van der Waals surface area contributed by atoms with Crippen molar-refractivity contribution in [3.8, 4) is 17.2 Å². The summed E-state index contributed by atoms with van der Waals surface area (Å²) in [5.74, 6) is 2.37. The molecular formula is C21H25N3O4. The average molecular weight is 383 g/mol. The number of nitrogens with one attached hydrogen (secondary N) is 1. The summed E-state index contributed by atoms with van der Waals surface area (Å²) in [6, 6.07) is 13.7. The average Bonchev–Trinajstić information content (AvgIpc) is 2.77. The molecule has 2 aliphatic heterocycles. The van der Waals surface area contributed by atoms with E-state index in [0.29, 0.717) is 32.8 Å². The first-order valence-corrected chi connectivity index (χ1v) is 9.54. The summed E-state index contributed by atoms with van der Waals surface area (Å²) in [7, 11) is 1.64. The number of rotatable bonds is 4. The molecule has 0 unspecified atom stereocenters. The van der Waals surface area contributed by atoms with Gasteiger partial charge in [-0.1, -0.05) is 18.2 Å². The number of carbonyl (C=O) groups excluding carboxylic acids is 1. The SMILES string of the molecule is COc1ccccc1CNC(=O)N1CCN(c2ccc3c(c2)OCCO3)CC1. The number of hydrogen-bond acceptors (Lipinski definition) is 5. The highest BCUT2D eigenvalue weighted by Crippen LogP contribution is 2.34. The summed E-state index contributed by atoms with van der Waals surface area (Å²) in [5, 5.41) is 2.99. The number of urea groups is 1. The number of fused-ring (bicyclic) bond motifs is 1. The molecule has 0 spiro atoms. The van der Waals surface area contributed by atoms with E-state index in [1.807, 2.05) is 47.4 Å². The predicted octanol–water partition coefficient (Wildman–Crippen LogP) is 2.50. The van der Waals surface area contributed by atoms with Gasteiger partial charge in [0.2, 0.25) is 0 Å². The lowest BCUT2D eigenvalue weighted by Crippen LogP contribution is -2.51. The second-order valence-electron chi connectivity index (χ2n) is 6.77. The Balaban J connectivity index is 1.30. The summed E-state index contributed by atoms with van der Waals surface area (Å²) in [5.41, 5.74) is 2.06. The minimum Gasteiger partial charge on any atom is -0.496 e. The van der Waals surface area contributed by atoms with Crippen molar-refractivity contribution < 1.29 is 19.0 Å². The van der Waals surface area contributed by atoms with Gasteiger partial charge < -0.3 is 29.3 Å². The third-order valence-corrected chi connectivity index (χ3v) is 5.08. The van der Waals surface area contributed by atoms with Crippen LogP contribution in [0.4, 0.5) is 10.5 Å². The van der Waals surface area contributed by atoms with E-state index in [9.17, 15) is 4.79 Å². The molecular weight excluding hydrogens is 358 g/mol. The standard InChI is InChI=1S/C21H25N3O4/c1-26-18-5-3-2-4-16(18)15-22-21(25)24-10-8-23(9-11-24)17-6-7-19-20(14-17)28-13-12-27-19/h2-7,14H,8-13,15H2,1H3,(H,22,25). The van der Waals surface area contributed by atoms with Gasteiger partial charge in [-0.3, -0.25) is 0 Å². The van der Waals surface area contributed by atoms with E-state index in [1.165, 1.54) is 0 Å². The first-order valence-electron chi connectivity index (χ1n) is 9.54. The lowest BCUT2D eigenvalue weighted by atomic mass is 10.2. The molecule has 0 saturated carbocycles. The van der Waals surface area contributed by atoms with E-state index in [2.05, 4.69) is 10.2 Å². The van der Waals surface area contributed by atoms with E-state index in [-0.39, 0.29) is 6.03 Å². The fourth-order valence-electron chi connectivity index (χ4n) is 3.53. The van der Waals surface area contributed by atoms with Crippen LogP contribution in [-0.4, -0.2) is 57.4 Å². The van der Waals surface area contributed by atoms with E-state index < -0.39 is 0 Å². The maximum absolute atomic E-state index is 12.5. The lowest BCUT2D eigenvalue weighted by molar-refractivity contribution is 0.171. The van der Waals surface area contributed by atoms with Crippen LogP contribution in [-0.2, 0) is 6.54 Å². The number of anilines is 1. The van der Waals surface area contributed by atoms with Gasteiger partial charge in [0.25, 0.3) is 0 Å². The third-order valence-electron chi connectivity index (χ3n) is 5.08. The molecule has 0 bridgehead atoms. The molecule has 4 rings (SSSR count).